The van der Waals surface area contributed by atoms with Gasteiger partial charge in [-0.05, 0) is 27.2 Å². The lowest BCUT2D eigenvalue weighted by atomic mass is 10.1. The lowest BCUT2D eigenvalue weighted by molar-refractivity contribution is 0.494. The van der Waals surface area contributed by atoms with Crippen LogP contribution in [0.4, 0.5) is 0 Å². The maximum Gasteiger partial charge on any atom is 0.0638 e. The van der Waals surface area contributed by atoms with Crippen molar-refractivity contribution in [2.45, 2.75) is 59.5 Å². The molecule has 86 valence electrons. The second-order valence-electron chi connectivity index (χ2n) is 4.34. The highest BCUT2D eigenvalue weighted by Crippen LogP contribution is 2.09. The van der Waals surface area contributed by atoms with Crippen LogP contribution in [0.25, 0.3) is 0 Å². The lowest BCUT2D eigenvalue weighted by Crippen LogP contribution is -2.25. The minimum Gasteiger partial charge on any atom is -0.310 e. The first-order valence-electron chi connectivity index (χ1n) is 5.89. The Kier molecular flexibility index (Phi) is 4.82. The van der Waals surface area contributed by atoms with Gasteiger partial charge in [0.25, 0.3) is 0 Å². The third-order valence-electron chi connectivity index (χ3n) is 2.90. The zero-order chi connectivity index (χ0) is 11.3. The van der Waals surface area contributed by atoms with E-state index in [2.05, 4.69) is 43.2 Å². The Morgan fingerprint density at radius 2 is 2.13 bits per heavy atom. The van der Waals surface area contributed by atoms with Crippen molar-refractivity contribution in [3.63, 3.8) is 0 Å². The van der Waals surface area contributed by atoms with Crippen molar-refractivity contribution in [3.05, 3.63) is 17.0 Å². The molecule has 2 N–H and O–H groups in total. The molecule has 1 atom stereocenters. The van der Waals surface area contributed by atoms with Gasteiger partial charge in [0.1, 0.15) is 0 Å². The lowest BCUT2D eigenvalue weighted by Gasteiger charge is -2.13. The Bertz CT molecular complexity index is 272. The molecule has 0 fully saturated rings. The molecule has 0 aliphatic carbocycles. The molecule has 1 unspecified atom stereocenters. The fraction of sp³-hybridized carbons (Fsp3) is 0.750. The predicted molar refractivity (Wildman–Crippen MR) is 63.9 cm³/mol. The van der Waals surface area contributed by atoms with Crippen LogP contribution in [0.15, 0.2) is 0 Å². The van der Waals surface area contributed by atoms with E-state index >= 15 is 0 Å². The van der Waals surface area contributed by atoms with Gasteiger partial charge in [-0.3, -0.25) is 5.10 Å². The van der Waals surface area contributed by atoms with Crippen molar-refractivity contribution in [1.82, 2.24) is 15.5 Å². The van der Waals surface area contributed by atoms with Gasteiger partial charge in [-0.1, -0.05) is 19.8 Å². The van der Waals surface area contributed by atoms with Crippen LogP contribution in [-0.2, 0) is 6.54 Å². The van der Waals surface area contributed by atoms with Gasteiger partial charge in [-0.15, -0.1) is 0 Å². The molecular formula is C12H23N3. The van der Waals surface area contributed by atoms with Crippen LogP contribution in [0.1, 0.15) is 50.1 Å². The zero-order valence-electron chi connectivity index (χ0n) is 10.4. The summed E-state index contributed by atoms with van der Waals surface area (Å²) in [6.07, 6.45) is 3.83. The molecule has 1 aromatic heterocycles. The first-order valence-corrected chi connectivity index (χ1v) is 5.89. The Hall–Kier alpha value is -0.830. The number of aromatic amines is 1. The van der Waals surface area contributed by atoms with E-state index in [0.29, 0.717) is 6.04 Å². The molecular weight excluding hydrogens is 186 g/mol. The Labute approximate surface area is 92.7 Å². The molecule has 0 amide bonds. The maximum atomic E-state index is 4.19. The molecule has 1 rings (SSSR count). The van der Waals surface area contributed by atoms with E-state index in [1.165, 1.54) is 30.5 Å². The molecule has 0 aromatic carbocycles. The van der Waals surface area contributed by atoms with Crippen LogP contribution in [0.5, 0.6) is 0 Å². The van der Waals surface area contributed by atoms with Crippen molar-refractivity contribution >= 4 is 0 Å². The number of aryl methyl sites for hydroxylation is 2. The zero-order valence-corrected chi connectivity index (χ0v) is 10.4. The second-order valence-corrected chi connectivity index (χ2v) is 4.34. The molecule has 0 spiro atoms. The maximum absolute atomic E-state index is 4.19. The third-order valence-corrected chi connectivity index (χ3v) is 2.90. The number of nitrogens with zero attached hydrogens (tertiary/aromatic N) is 1. The molecule has 0 radical (unpaired) electrons. The number of nitrogens with one attached hydrogen (secondary N) is 2. The van der Waals surface area contributed by atoms with Crippen molar-refractivity contribution < 1.29 is 0 Å². The van der Waals surface area contributed by atoms with E-state index in [1.54, 1.807) is 0 Å². The van der Waals surface area contributed by atoms with E-state index in [1.807, 2.05) is 0 Å². The first kappa shape index (κ1) is 12.2. The van der Waals surface area contributed by atoms with Crippen LogP contribution >= 0.6 is 0 Å². The quantitative estimate of drug-likeness (QED) is 0.756. The smallest absolute Gasteiger partial charge is 0.0638 e. The fourth-order valence-corrected chi connectivity index (χ4v) is 1.72. The molecule has 0 bridgehead atoms. The van der Waals surface area contributed by atoms with E-state index < -0.39 is 0 Å². The van der Waals surface area contributed by atoms with E-state index in [4.69, 9.17) is 0 Å². The summed E-state index contributed by atoms with van der Waals surface area (Å²) in [7, 11) is 0. The summed E-state index contributed by atoms with van der Waals surface area (Å²) in [4.78, 5) is 0. The van der Waals surface area contributed by atoms with Gasteiger partial charge < -0.3 is 5.32 Å². The summed E-state index contributed by atoms with van der Waals surface area (Å²) in [5, 5.41) is 10.7. The summed E-state index contributed by atoms with van der Waals surface area (Å²) in [5.41, 5.74) is 3.61. The molecule has 1 aromatic rings. The van der Waals surface area contributed by atoms with Gasteiger partial charge in [0.15, 0.2) is 0 Å². The van der Waals surface area contributed by atoms with Crippen molar-refractivity contribution in [3.8, 4) is 0 Å². The number of hydrogen-bond acceptors (Lipinski definition) is 2. The fourth-order valence-electron chi connectivity index (χ4n) is 1.72. The summed E-state index contributed by atoms with van der Waals surface area (Å²) in [6, 6.07) is 0.596. The van der Waals surface area contributed by atoms with E-state index in [-0.39, 0.29) is 0 Å². The average Bonchev–Trinajstić information content (AvgIpc) is 2.53. The SMILES string of the molecule is CCCCC(C)NCc1c(C)n[nH]c1C. The minimum atomic E-state index is 0.596. The van der Waals surface area contributed by atoms with E-state index in [9.17, 15) is 0 Å². The predicted octanol–water partition coefficient (Wildman–Crippen LogP) is 2.69. The monoisotopic (exact) mass is 209 g/mol. The number of hydrogen-bond donors (Lipinski definition) is 2. The Morgan fingerprint density at radius 3 is 2.67 bits per heavy atom. The van der Waals surface area contributed by atoms with Gasteiger partial charge in [-0.25, -0.2) is 0 Å². The van der Waals surface area contributed by atoms with Gasteiger partial charge in [0, 0.05) is 23.8 Å². The highest BCUT2D eigenvalue weighted by molar-refractivity contribution is 5.22. The molecule has 15 heavy (non-hydrogen) atoms. The number of aromatic nitrogens is 2. The van der Waals surface area contributed by atoms with Crippen LogP contribution < -0.4 is 5.32 Å². The van der Waals surface area contributed by atoms with Crippen molar-refractivity contribution in [2.75, 3.05) is 0 Å². The van der Waals surface area contributed by atoms with Crippen molar-refractivity contribution in [2.24, 2.45) is 0 Å². The topological polar surface area (TPSA) is 40.7 Å². The Morgan fingerprint density at radius 1 is 1.40 bits per heavy atom. The molecule has 0 aliphatic heterocycles. The van der Waals surface area contributed by atoms with Gasteiger partial charge >= 0.3 is 0 Å². The number of unbranched alkanes of at least 4 members (excludes halogenated alkanes) is 1. The van der Waals surface area contributed by atoms with Gasteiger partial charge in [-0.2, -0.15) is 5.10 Å². The highest BCUT2D eigenvalue weighted by Gasteiger charge is 2.07. The van der Waals surface area contributed by atoms with E-state index in [0.717, 1.165) is 12.2 Å². The molecule has 3 heteroatoms. The largest absolute Gasteiger partial charge is 0.310 e. The molecule has 0 aliphatic rings. The van der Waals surface area contributed by atoms with Gasteiger partial charge in [0.05, 0.1) is 5.69 Å². The normalized spacial score (nSPS) is 13.1. The minimum absolute atomic E-state index is 0.596. The Balaban J connectivity index is 2.36. The number of H-pyrrole nitrogens is 1. The second kappa shape index (κ2) is 5.91. The summed E-state index contributed by atoms with van der Waals surface area (Å²) in [5.74, 6) is 0. The molecule has 1 heterocycles. The summed E-state index contributed by atoms with van der Waals surface area (Å²) < 4.78 is 0. The van der Waals surface area contributed by atoms with Crippen LogP contribution in [-0.4, -0.2) is 16.2 Å². The van der Waals surface area contributed by atoms with Crippen LogP contribution in [0.3, 0.4) is 0 Å². The first-order chi connectivity index (χ1) is 7.15. The summed E-state index contributed by atoms with van der Waals surface area (Å²) in [6.45, 7) is 9.54. The van der Waals surface area contributed by atoms with Crippen molar-refractivity contribution in [1.29, 1.82) is 0 Å². The molecule has 0 saturated carbocycles. The summed E-state index contributed by atoms with van der Waals surface area (Å²) >= 11 is 0. The standard InChI is InChI=1S/C12H23N3/c1-5-6-7-9(2)13-8-12-10(3)14-15-11(12)4/h9,13H,5-8H2,1-4H3,(H,14,15). The third kappa shape index (κ3) is 3.67. The molecule has 3 nitrogen and oxygen atoms in total. The van der Waals surface area contributed by atoms with Gasteiger partial charge in [0.2, 0.25) is 0 Å². The molecule has 0 saturated heterocycles. The highest BCUT2D eigenvalue weighted by atomic mass is 15.1. The van der Waals surface area contributed by atoms with Crippen LogP contribution in [0, 0.1) is 13.8 Å². The number of rotatable bonds is 6. The average molecular weight is 209 g/mol. The van der Waals surface area contributed by atoms with Crippen LogP contribution in [0.2, 0.25) is 0 Å².